The van der Waals surface area contributed by atoms with Gasteiger partial charge >= 0.3 is 17.7 Å². The number of aromatic nitrogens is 4. The highest BCUT2D eigenvalue weighted by atomic mass is 16.5. The molecule has 1 saturated heterocycles. The number of hydrogen-bond donors (Lipinski definition) is 2. The van der Waals surface area contributed by atoms with Gasteiger partial charge in [0.05, 0.1) is 19.3 Å². The number of H-pyrrole nitrogens is 1. The van der Waals surface area contributed by atoms with E-state index in [-0.39, 0.29) is 41.1 Å². The number of esters is 1. The number of carbonyl (C=O) groups excluding carboxylic acids is 2. The lowest BCUT2D eigenvalue weighted by atomic mass is 9.76. The number of likely N-dealkylation sites (tertiary alicyclic amines) is 1. The standard InChI is InChI=1S/C35H44N6O5/c1-3-4-22-46-34-38-31(36)30-32(39-34)41(35(44)37-30)19-9-8-18-40-20-16-26(17-21-40)29(25-10-6-5-7-11-25)28(42)23-24-12-14-27(15-13-24)33(43)45-2/h5-7,10-15,26,29H,3-4,8-9,16-23H2,1-2H3,(H,37,44)(H2,36,38,39). The van der Waals surface area contributed by atoms with Crippen LogP contribution in [0.1, 0.15) is 72.9 Å². The summed E-state index contributed by atoms with van der Waals surface area (Å²) in [5.74, 6) is 0.0917. The number of hydrogen-bond acceptors (Lipinski definition) is 9. The number of ketones is 1. The summed E-state index contributed by atoms with van der Waals surface area (Å²) in [6.45, 7) is 5.86. The summed E-state index contributed by atoms with van der Waals surface area (Å²) in [6, 6.07) is 17.4. The Labute approximate surface area is 269 Å². The van der Waals surface area contributed by atoms with E-state index in [1.165, 1.54) is 7.11 Å². The van der Waals surface area contributed by atoms with Crippen LogP contribution in [-0.4, -0.2) is 69.5 Å². The lowest BCUT2D eigenvalue weighted by Crippen LogP contribution is -2.38. The van der Waals surface area contributed by atoms with Gasteiger partial charge in [0.15, 0.2) is 11.5 Å². The quantitative estimate of drug-likeness (QED) is 0.141. The highest BCUT2D eigenvalue weighted by molar-refractivity contribution is 5.90. The number of imidazole rings is 1. The number of benzene rings is 2. The number of nitrogen functional groups attached to an aromatic ring is 1. The van der Waals surface area contributed by atoms with Crippen molar-refractivity contribution in [2.75, 3.05) is 39.1 Å². The molecule has 3 heterocycles. The van der Waals surface area contributed by atoms with Gasteiger partial charge in [0.1, 0.15) is 11.3 Å². The van der Waals surface area contributed by atoms with Gasteiger partial charge in [-0.05, 0) is 80.9 Å². The van der Waals surface area contributed by atoms with E-state index in [9.17, 15) is 14.4 Å². The molecule has 2 aromatic carbocycles. The minimum absolute atomic E-state index is 0.178. The molecule has 2 aromatic heterocycles. The zero-order valence-electron chi connectivity index (χ0n) is 26.7. The monoisotopic (exact) mass is 628 g/mol. The number of unbranched alkanes of at least 4 members (excludes halogenated alkanes) is 2. The first kappa shape index (κ1) is 32.9. The first-order valence-corrected chi connectivity index (χ1v) is 16.2. The first-order valence-electron chi connectivity index (χ1n) is 16.2. The highest BCUT2D eigenvalue weighted by Crippen LogP contribution is 2.34. The van der Waals surface area contributed by atoms with Crippen molar-refractivity contribution in [1.29, 1.82) is 0 Å². The second-order valence-electron chi connectivity index (χ2n) is 12.0. The zero-order chi connectivity index (χ0) is 32.5. The normalized spacial score (nSPS) is 14.7. The maximum atomic E-state index is 13.8. The molecule has 0 saturated carbocycles. The van der Waals surface area contributed by atoms with Crippen LogP contribution in [0.4, 0.5) is 5.82 Å². The molecule has 11 nitrogen and oxygen atoms in total. The molecular weight excluding hydrogens is 584 g/mol. The number of anilines is 1. The van der Waals surface area contributed by atoms with Crippen LogP contribution in [0.3, 0.4) is 0 Å². The maximum absolute atomic E-state index is 13.8. The summed E-state index contributed by atoms with van der Waals surface area (Å²) < 4.78 is 12.1. The fourth-order valence-electron chi connectivity index (χ4n) is 6.29. The van der Waals surface area contributed by atoms with E-state index in [1.54, 1.807) is 16.7 Å². The van der Waals surface area contributed by atoms with Crippen molar-refractivity contribution >= 4 is 28.7 Å². The largest absolute Gasteiger partial charge is 0.465 e. The van der Waals surface area contributed by atoms with E-state index in [0.29, 0.717) is 36.3 Å². The Morgan fingerprint density at radius 2 is 1.72 bits per heavy atom. The third kappa shape index (κ3) is 8.00. The van der Waals surface area contributed by atoms with E-state index in [2.05, 4.69) is 38.9 Å². The van der Waals surface area contributed by atoms with Crippen LogP contribution in [0.15, 0.2) is 59.4 Å². The smallest absolute Gasteiger partial charge is 0.337 e. The number of ether oxygens (including phenoxy) is 2. The number of methoxy groups -OCH3 is 1. The number of fused-ring (bicyclic) bond motifs is 1. The molecule has 1 unspecified atom stereocenters. The maximum Gasteiger partial charge on any atom is 0.337 e. The van der Waals surface area contributed by atoms with Crippen LogP contribution >= 0.6 is 0 Å². The molecule has 0 radical (unpaired) electrons. The average Bonchev–Trinajstić information content (AvgIpc) is 3.39. The minimum atomic E-state index is -0.389. The first-order chi connectivity index (χ1) is 22.4. The number of nitrogens with zero attached hydrogens (tertiary/aromatic N) is 4. The minimum Gasteiger partial charge on any atom is -0.465 e. The van der Waals surface area contributed by atoms with Gasteiger partial charge in [0, 0.05) is 18.9 Å². The molecule has 3 N–H and O–H groups in total. The topological polar surface area (TPSA) is 145 Å². The molecule has 5 rings (SSSR count). The van der Waals surface area contributed by atoms with Crippen LogP contribution in [0.2, 0.25) is 0 Å². The predicted octanol–water partition coefficient (Wildman–Crippen LogP) is 4.76. The third-order valence-corrected chi connectivity index (χ3v) is 8.83. The summed E-state index contributed by atoms with van der Waals surface area (Å²) >= 11 is 0. The summed E-state index contributed by atoms with van der Waals surface area (Å²) in [4.78, 5) is 52.1. The fraction of sp³-hybridized carbons (Fsp3) is 0.457. The Hall–Kier alpha value is -4.51. The molecule has 1 aliphatic rings. The van der Waals surface area contributed by atoms with Gasteiger partial charge in [-0.15, -0.1) is 0 Å². The Morgan fingerprint density at radius 3 is 2.41 bits per heavy atom. The molecule has 0 bridgehead atoms. The van der Waals surface area contributed by atoms with Crippen molar-refractivity contribution in [1.82, 2.24) is 24.4 Å². The molecule has 46 heavy (non-hydrogen) atoms. The highest BCUT2D eigenvalue weighted by Gasteiger charge is 2.32. The Morgan fingerprint density at radius 1 is 1.00 bits per heavy atom. The lowest BCUT2D eigenvalue weighted by molar-refractivity contribution is -0.121. The van der Waals surface area contributed by atoms with Crippen molar-refractivity contribution in [3.8, 4) is 6.01 Å². The Kier molecular flexibility index (Phi) is 11.2. The predicted molar refractivity (Wildman–Crippen MR) is 177 cm³/mol. The van der Waals surface area contributed by atoms with E-state index in [1.807, 2.05) is 30.3 Å². The summed E-state index contributed by atoms with van der Waals surface area (Å²) in [5.41, 5.74) is 9.17. The van der Waals surface area contributed by atoms with Crippen LogP contribution < -0.4 is 16.2 Å². The number of aromatic amines is 1. The number of carbonyl (C=O) groups is 2. The van der Waals surface area contributed by atoms with E-state index in [4.69, 9.17) is 15.2 Å². The van der Waals surface area contributed by atoms with Crippen molar-refractivity contribution in [3.63, 3.8) is 0 Å². The number of nitrogens with two attached hydrogens (primary N) is 1. The number of aryl methyl sites for hydroxylation is 1. The van der Waals surface area contributed by atoms with Gasteiger partial charge in [-0.25, -0.2) is 9.59 Å². The third-order valence-electron chi connectivity index (χ3n) is 8.83. The molecule has 1 fully saturated rings. The number of Topliss-reactive ketones (excluding diaryl/α,β-unsaturated/α-hetero) is 1. The van der Waals surface area contributed by atoms with Crippen LogP contribution in [0, 0.1) is 5.92 Å². The summed E-state index contributed by atoms with van der Waals surface area (Å²) in [7, 11) is 1.36. The molecule has 4 aromatic rings. The van der Waals surface area contributed by atoms with Crippen molar-refractivity contribution < 1.29 is 19.1 Å². The Bertz CT molecular complexity index is 1660. The number of nitrogens with one attached hydrogen (secondary N) is 1. The van der Waals surface area contributed by atoms with Gasteiger partial charge in [-0.2, -0.15) is 9.97 Å². The van der Waals surface area contributed by atoms with E-state index < -0.39 is 0 Å². The molecule has 0 amide bonds. The molecule has 0 spiro atoms. The van der Waals surface area contributed by atoms with Crippen LogP contribution in [0.5, 0.6) is 6.01 Å². The number of rotatable bonds is 15. The molecule has 0 aliphatic carbocycles. The zero-order valence-corrected chi connectivity index (χ0v) is 26.7. The average molecular weight is 629 g/mol. The van der Waals surface area contributed by atoms with Crippen LogP contribution in [0.25, 0.3) is 11.2 Å². The van der Waals surface area contributed by atoms with E-state index >= 15 is 0 Å². The summed E-state index contributed by atoms with van der Waals surface area (Å²) in [6.07, 6.45) is 5.80. The van der Waals surface area contributed by atoms with Gasteiger partial charge in [-0.1, -0.05) is 55.8 Å². The van der Waals surface area contributed by atoms with Crippen molar-refractivity contribution in [3.05, 3.63) is 81.8 Å². The lowest BCUT2D eigenvalue weighted by Gasteiger charge is -2.36. The van der Waals surface area contributed by atoms with Gasteiger partial charge in [0.25, 0.3) is 0 Å². The van der Waals surface area contributed by atoms with Gasteiger partial charge in [-0.3, -0.25) is 9.36 Å². The second-order valence-corrected chi connectivity index (χ2v) is 12.0. The fourth-order valence-corrected chi connectivity index (χ4v) is 6.29. The molecule has 1 atom stereocenters. The molecular formula is C35H44N6O5. The van der Waals surface area contributed by atoms with E-state index in [0.717, 1.165) is 69.3 Å². The molecule has 244 valence electrons. The summed E-state index contributed by atoms with van der Waals surface area (Å²) in [5, 5.41) is 0. The van der Waals surface area contributed by atoms with Crippen molar-refractivity contribution in [2.24, 2.45) is 5.92 Å². The number of piperidine rings is 1. The van der Waals surface area contributed by atoms with Crippen molar-refractivity contribution in [2.45, 2.75) is 64.3 Å². The van der Waals surface area contributed by atoms with Gasteiger partial charge < -0.3 is 25.1 Å². The molecule has 11 heteroatoms. The Balaban J connectivity index is 1.15. The molecule has 1 aliphatic heterocycles. The van der Waals surface area contributed by atoms with Gasteiger partial charge in [0.2, 0.25) is 0 Å². The SMILES string of the molecule is CCCCOc1nc(N)c2[nH]c(=O)n(CCCCN3CCC(C(C(=O)Cc4ccc(C(=O)OC)cc4)c4ccccc4)CC3)c2n1. The van der Waals surface area contributed by atoms with Crippen LogP contribution in [-0.2, 0) is 22.5 Å². The second kappa shape index (κ2) is 15.7.